The third-order valence-corrected chi connectivity index (χ3v) is 6.14. The topological polar surface area (TPSA) is 86.8 Å². The fraction of sp³-hybridized carbons (Fsp3) is 0.556. The standard InChI is InChI=1S/C18H25N3O4S/c1-26(24,25)16-6-2-4-14(12-16)17(22)20-8-10-21(11-9-20)18(23)15-5-3-7-19-13-15/h2,4,6,12,15,19H,3,5,7-11,13H2,1H3. The van der Waals surface area contributed by atoms with Gasteiger partial charge in [0.2, 0.25) is 5.91 Å². The van der Waals surface area contributed by atoms with E-state index in [4.69, 9.17) is 0 Å². The molecule has 2 saturated heterocycles. The van der Waals surface area contributed by atoms with E-state index >= 15 is 0 Å². The Balaban J connectivity index is 1.61. The molecule has 142 valence electrons. The van der Waals surface area contributed by atoms with Crippen molar-refractivity contribution >= 4 is 21.7 Å². The second-order valence-electron chi connectivity index (χ2n) is 6.96. The summed E-state index contributed by atoms with van der Waals surface area (Å²) in [6.07, 6.45) is 3.07. The molecule has 1 aromatic rings. The van der Waals surface area contributed by atoms with Crippen LogP contribution in [0.4, 0.5) is 0 Å². The van der Waals surface area contributed by atoms with Gasteiger partial charge >= 0.3 is 0 Å². The average molecular weight is 379 g/mol. The maximum absolute atomic E-state index is 12.7. The Kier molecular flexibility index (Phi) is 5.62. The molecular weight excluding hydrogens is 354 g/mol. The quantitative estimate of drug-likeness (QED) is 0.820. The minimum absolute atomic E-state index is 0.0393. The summed E-state index contributed by atoms with van der Waals surface area (Å²) in [7, 11) is -3.35. The van der Waals surface area contributed by atoms with Gasteiger partial charge < -0.3 is 15.1 Å². The highest BCUT2D eigenvalue weighted by atomic mass is 32.2. The van der Waals surface area contributed by atoms with E-state index in [0.29, 0.717) is 31.7 Å². The maximum atomic E-state index is 12.7. The minimum atomic E-state index is -3.35. The molecule has 8 heteroatoms. The maximum Gasteiger partial charge on any atom is 0.254 e. The summed E-state index contributed by atoms with van der Waals surface area (Å²) in [5, 5.41) is 3.26. The van der Waals surface area contributed by atoms with Crippen LogP contribution < -0.4 is 5.32 Å². The number of amides is 2. The predicted molar refractivity (Wildman–Crippen MR) is 97.6 cm³/mol. The number of sulfone groups is 1. The van der Waals surface area contributed by atoms with Gasteiger partial charge in [-0.1, -0.05) is 6.07 Å². The zero-order valence-corrected chi connectivity index (χ0v) is 15.8. The minimum Gasteiger partial charge on any atom is -0.339 e. The molecule has 0 radical (unpaired) electrons. The molecule has 26 heavy (non-hydrogen) atoms. The van der Waals surface area contributed by atoms with E-state index in [1.54, 1.807) is 17.0 Å². The normalized spacial score (nSPS) is 21.5. The number of nitrogens with zero attached hydrogens (tertiary/aromatic N) is 2. The fourth-order valence-electron chi connectivity index (χ4n) is 3.49. The number of rotatable bonds is 3. The van der Waals surface area contributed by atoms with Crippen LogP contribution >= 0.6 is 0 Å². The van der Waals surface area contributed by atoms with Crippen LogP contribution in [0.15, 0.2) is 29.2 Å². The molecule has 1 N–H and O–H groups in total. The van der Waals surface area contributed by atoms with Crippen molar-refractivity contribution in [3.8, 4) is 0 Å². The third-order valence-electron chi connectivity index (χ3n) is 5.03. The van der Waals surface area contributed by atoms with E-state index in [1.165, 1.54) is 12.1 Å². The summed E-state index contributed by atoms with van der Waals surface area (Å²) < 4.78 is 23.4. The molecule has 3 rings (SSSR count). The first kappa shape index (κ1) is 18.8. The Bertz CT molecular complexity index is 779. The molecule has 0 aliphatic carbocycles. The number of piperidine rings is 1. The molecule has 0 bridgehead atoms. The number of nitrogens with one attached hydrogen (secondary N) is 1. The van der Waals surface area contributed by atoms with Gasteiger partial charge in [0.25, 0.3) is 5.91 Å². The van der Waals surface area contributed by atoms with E-state index in [0.717, 1.165) is 32.2 Å². The number of carbonyl (C=O) groups excluding carboxylic acids is 2. The van der Waals surface area contributed by atoms with Crippen LogP contribution in [0.25, 0.3) is 0 Å². The molecule has 0 aromatic heterocycles. The SMILES string of the molecule is CS(=O)(=O)c1cccc(C(=O)N2CCN(C(=O)C3CCCNC3)CC2)c1. The molecule has 2 aliphatic rings. The van der Waals surface area contributed by atoms with E-state index in [1.807, 2.05) is 4.90 Å². The summed E-state index contributed by atoms with van der Waals surface area (Å²) in [6.45, 7) is 3.68. The van der Waals surface area contributed by atoms with Crippen molar-refractivity contribution in [3.05, 3.63) is 29.8 Å². The summed E-state index contributed by atoms with van der Waals surface area (Å²) in [5.41, 5.74) is 0.365. The molecule has 0 spiro atoms. The van der Waals surface area contributed by atoms with E-state index in [2.05, 4.69) is 5.32 Å². The molecule has 7 nitrogen and oxygen atoms in total. The van der Waals surface area contributed by atoms with Gasteiger partial charge in [-0.25, -0.2) is 8.42 Å². The molecule has 1 unspecified atom stereocenters. The van der Waals surface area contributed by atoms with Gasteiger partial charge in [-0.05, 0) is 37.6 Å². The van der Waals surface area contributed by atoms with Gasteiger partial charge in [0.1, 0.15) is 0 Å². The Morgan fingerprint density at radius 3 is 2.42 bits per heavy atom. The predicted octanol–water partition coefficient (Wildman–Crippen LogP) is 0.374. The van der Waals surface area contributed by atoms with Gasteiger partial charge in [-0.15, -0.1) is 0 Å². The Hall–Kier alpha value is -1.93. The lowest BCUT2D eigenvalue weighted by Crippen LogP contribution is -2.53. The van der Waals surface area contributed by atoms with Crippen LogP contribution in [0, 0.1) is 5.92 Å². The largest absolute Gasteiger partial charge is 0.339 e. The molecular formula is C18H25N3O4S. The molecule has 2 aliphatic heterocycles. The number of piperazine rings is 1. The first-order valence-electron chi connectivity index (χ1n) is 8.95. The van der Waals surface area contributed by atoms with Crippen molar-refractivity contribution in [2.45, 2.75) is 17.7 Å². The van der Waals surface area contributed by atoms with E-state index in [-0.39, 0.29) is 22.6 Å². The van der Waals surface area contributed by atoms with Gasteiger partial charge in [0.05, 0.1) is 10.8 Å². The Morgan fingerprint density at radius 2 is 1.81 bits per heavy atom. The van der Waals surface area contributed by atoms with E-state index < -0.39 is 9.84 Å². The summed E-state index contributed by atoms with van der Waals surface area (Å²) in [4.78, 5) is 28.9. The number of hydrogen-bond acceptors (Lipinski definition) is 5. The third kappa shape index (κ3) is 4.24. The van der Waals surface area contributed by atoms with Crippen LogP contribution in [0.5, 0.6) is 0 Å². The Labute approximate surface area is 154 Å². The average Bonchev–Trinajstić information content (AvgIpc) is 2.67. The lowest BCUT2D eigenvalue weighted by Gasteiger charge is -2.37. The summed E-state index contributed by atoms with van der Waals surface area (Å²) >= 11 is 0. The van der Waals surface area contributed by atoms with Crippen LogP contribution in [-0.4, -0.2) is 75.6 Å². The monoisotopic (exact) mass is 379 g/mol. The van der Waals surface area contributed by atoms with Crippen molar-refractivity contribution in [2.75, 3.05) is 45.5 Å². The van der Waals surface area contributed by atoms with Crippen molar-refractivity contribution in [1.82, 2.24) is 15.1 Å². The van der Waals surface area contributed by atoms with Crippen LogP contribution in [0.1, 0.15) is 23.2 Å². The lowest BCUT2D eigenvalue weighted by atomic mass is 9.98. The van der Waals surface area contributed by atoms with Crippen LogP contribution in [0.3, 0.4) is 0 Å². The molecule has 1 atom stereocenters. The summed E-state index contributed by atoms with van der Waals surface area (Å²) in [5.74, 6) is 0.0164. The zero-order valence-electron chi connectivity index (χ0n) is 15.0. The van der Waals surface area contributed by atoms with Crippen LogP contribution in [0.2, 0.25) is 0 Å². The van der Waals surface area contributed by atoms with Gasteiger partial charge in [-0.3, -0.25) is 9.59 Å². The first-order valence-corrected chi connectivity index (χ1v) is 10.8. The van der Waals surface area contributed by atoms with Gasteiger partial charge in [-0.2, -0.15) is 0 Å². The van der Waals surface area contributed by atoms with Gasteiger partial charge in [0.15, 0.2) is 9.84 Å². The number of carbonyl (C=O) groups is 2. The van der Waals surface area contributed by atoms with Crippen molar-refractivity contribution in [2.24, 2.45) is 5.92 Å². The van der Waals surface area contributed by atoms with Crippen molar-refractivity contribution in [1.29, 1.82) is 0 Å². The number of hydrogen-bond donors (Lipinski definition) is 1. The highest BCUT2D eigenvalue weighted by molar-refractivity contribution is 7.90. The van der Waals surface area contributed by atoms with Gasteiger partial charge in [0, 0.05) is 44.5 Å². The second kappa shape index (κ2) is 7.75. The Morgan fingerprint density at radius 1 is 1.12 bits per heavy atom. The van der Waals surface area contributed by atoms with Crippen LogP contribution in [-0.2, 0) is 14.6 Å². The van der Waals surface area contributed by atoms with Crippen molar-refractivity contribution < 1.29 is 18.0 Å². The zero-order chi connectivity index (χ0) is 18.7. The summed E-state index contributed by atoms with van der Waals surface area (Å²) in [6, 6.07) is 6.12. The highest BCUT2D eigenvalue weighted by Gasteiger charge is 2.30. The molecule has 2 amide bonds. The van der Waals surface area contributed by atoms with E-state index in [9.17, 15) is 18.0 Å². The molecule has 1 aromatic carbocycles. The number of benzene rings is 1. The smallest absolute Gasteiger partial charge is 0.254 e. The molecule has 2 heterocycles. The van der Waals surface area contributed by atoms with Crippen molar-refractivity contribution in [3.63, 3.8) is 0 Å². The second-order valence-corrected chi connectivity index (χ2v) is 8.98. The lowest BCUT2D eigenvalue weighted by molar-refractivity contribution is -0.137. The molecule has 0 saturated carbocycles. The first-order chi connectivity index (χ1) is 12.4. The fourth-order valence-corrected chi connectivity index (χ4v) is 4.16. The molecule has 2 fully saturated rings. The highest BCUT2D eigenvalue weighted by Crippen LogP contribution is 2.17.